The summed E-state index contributed by atoms with van der Waals surface area (Å²) in [5.41, 5.74) is 5.81. The maximum atomic E-state index is 5.81. The van der Waals surface area contributed by atoms with Crippen molar-refractivity contribution in [2.75, 3.05) is 42.6 Å². The highest BCUT2D eigenvalue weighted by molar-refractivity contribution is 5.53. The van der Waals surface area contributed by atoms with Crippen LogP contribution in [0.4, 0.5) is 17.6 Å². The molecule has 2 fully saturated rings. The van der Waals surface area contributed by atoms with Crippen LogP contribution in [0.5, 0.6) is 0 Å². The summed E-state index contributed by atoms with van der Waals surface area (Å²) >= 11 is 0. The number of likely N-dealkylation sites (N-methyl/N-ethyl adjacent to an activating group) is 1. The molecule has 19 heavy (non-hydrogen) atoms. The molecule has 2 aliphatic rings. The molecule has 3 rings (SSSR count). The van der Waals surface area contributed by atoms with E-state index in [1.165, 1.54) is 12.8 Å². The summed E-state index contributed by atoms with van der Waals surface area (Å²) in [6, 6.07) is 2.55. The molecule has 1 aliphatic heterocycles. The Bertz CT molecular complexity index is 445. The van der Waals surface area contributed by atoms with Crippen molar-refractivity contribution in [1.29, 1.82) is 0 Å². The van der Waals surface area contributed by atoms with Gasteiger partial charge in [0.25, 0.3) is 0 Å². The predicted molar refractivity (Wildman–Crippen MR) is 77.3 cm³/mol. The van der Waals surface area contributed by atoms with Crippen molar-refractivity contribution >= 4 is 17.6 Å². The number of anilines is 3. The zero-order valence-electron chi connectivity index (χ0n) is 11.4. The Balaban J connectivity index is 1.69. The van der Waals surface area contributed by atoms with Gasteiger partial charge in [0.15, 0.2) is 0 Å². The van der Waals surface area contributed by atoms with Gasteiger partial charge in [-0.15, -0.1) is 0 Å². The third-order valence-corrected chi connectivity index (χ3v) is 3.92. The molecule has 0 radical (unpaired) electrons. The van der Waals surface area contributed by atoms with Crippen LogP contribution in [0.1, 0.15) is 19.3 Å². The minimum atomic E-state index is 0.351. The lowest BCUT2D eigenvalue weighted by Gasteiger charge is -2.18. The molecule has 0 spiro atoms. The van der Waals surface area contributed by atoms with E-state index in [0.717, 1.165) is 43.6 Å². The summed E-state index contributed by atoms with van der Waals surface area (Å²) in [5.74, 6) is 2.95. The molecule has 104 valence electrons. The van der Waals surface area contributed by atoms with Crippen molar-refractivity contribution in [3.05, 3.63) is 6.07 Å². The van der Waals surface area contributed by atoms with Gasteiger partial charge >= 0.3 is 0 Å². The minimum Gasteiger partial charge on any atom is -0.370 e. The molecule has 6 nitrogen and oxygen atoms in total. The van der Waals surface area contributed by atoms with Crippen molar-refractivity contribution < 1.29 is 0 Å². The van der Waals surface area contributed by atoms with E-state index in [9.17, 15) is 0 Å². The van der Waals surface area contributed by atoms with Crippen molar-refractivity contribution in [1.82, 2.24) is 15.3 Å². The molecule has 0 amide bonds. The van der Waals surface area contributed by atoms with Gasteiger partial charge in [0.05, 0.1) is 0 Å². The normalized spacial score (nSPS) is 22.8. The third-order valence-electron chi connectivity index (χ3n) is 3.92. The minimum absolute atomic E-state index is 0.351. The van der Waals surface area contributed by atoms with Crippen LogP contribution in [-0.4, -0.2) is 42.7 Å². The number of nitrogen functional groups attached to an aromatic ring is 1. The number of nitrogens with zero attached hydrogens (tertiary/aromatic N) is 3. The Morgan fingerprint density at radius 1 is 1.37 bits per heavy atom. The van der Waals surface area contributed by atoms with Crippen LogP contribution >= 0.6 is 0 Å². The Hall–Kier alpha value is -1.56. The first-order valence-electron chi connectivity index (χ1n) is 7.05. The number of nitrogens with two attached hydrogens (primary N) is 1. The van der Waals surface area contributed by atoms with Crippen LogP contribution in [0.2, 0.25) is 0 Å². The van der Waals surface area contributed by atoms with Crippen LogP contribution in [0.15, 0.2) is 6.07 Å². The fourth-order valence-corrected chi connectivity index (χ4v) is 2.48. The van der Waals surface area contributed by atoms with E-state index < -0.39 is 0 Å². The fourth-order valence-electron chi connectivity index (χ4n) is 2.48. The zero-order valence-corrected chi connectivity index (χ0v) is 11.4. The lowest BCUT2D eigenvalue weighted by Crippen LogP contribution is -2.30. The summed E-state index contributed by atoms with van der Waals surface area (Å²) in [4.78, 5) is 10.9. The van der Waals surface area contributed by atoms with E-state index in [-0.39, 0.29) is 0 Å². The van der Waals surface area contributed by atoms with Crippen molar-refractivity contribution in [2.24, 2.45) is 5.92 Å². The number of nitrogens with one attached hydrogen (secondary N) is 2. The summed E-state index contributed by atoms with van der Waals surface area (Å²) < 4.78 is 0. The highest BCUT2D eigenvalue weighted by atomic mass is 15.3. The SMILES string of the molecule is CN[C@H]1CCN(c2cc(NCC3CC3)nc(N)n2)C1. The quantitative estimate of drug-likeness (QED) is 0.724. The van der Waals surface area contributed by atoms with E-state index >= 15 is 0 Å². The second-order valence-electron chi connectivity index (χ2n) is 5.51. The smallest absolute Gasteiger partial charge is 0.223 e. The van der Waals surface area contributed by atoms with Gasteiger partial charge in [-0.2, -0.15) is 9.97 Å². The number of hydrogen-bond acceptors (Lipinski definition) is 6. The van der Waals surface area contributed by atoms with E-state index in [4.69, 9.17) is 5.73 Å². The predicted octanol–water partition coefficient (Wildman–Crippen LogP) is 0.679. The Morgan fingerprint density at radius 3 is 2.89 bits per heavy atom. The molecule has 1 aromatic rings. The molecule has 0 unspecified atom stereocenters. The Morgan fingerprint density at radius 2 is 2.21 bits per heavy atom. The van der Waals surface area contributed by atoms with Gasteiger partial charge in [0.2, 0.25) is 5.95 Å². The van der Waals surface area contributed by atoms with Gasteiger partial charge in [0.1, 0.15) is 11.6 Å². The van der Waals surface area contributed by atoms with Gasteiger partial charge in [-0.25, -0.2) is 0 Å². The van der Waals surface area contributed by atoms with Gasteiger partial charge in [0, 0.05) is 31.7 Å². The van der Waals surface area contributed by atoms with Gasteiger partial charge < -0.3 is 21.3 Å². The maximum Gasteiger partial charge on any atom is 0.223 e. The number of rotatable bonds is 5. The zero-order chi connectivity index (χ0) is 13.2. The van der Waals surface area contributed by atoms with E-state index in [0.29, 0.717) is 12.0 Å². The van der Waals surface area contributed by atoms with E-state index in [2.05, 4.69) is 25.5 Å². The highest BCUT2D eigenvalue weighted by Crippen LogP contribution is 2.29. The van der Waals surface area contributed by atoms with E-state index in [1.807, 2.05) is 13.1 Å². The second-order valence-corrected chi connectivity index (χ2v) is 5.51. The number of aromatic nitrogens is 2. The Kier molecular flexibility index (Phi) is 3.42. The molecule has 4 N–H and O–H groups in total. The third kappa shape index (κ3) is 3.07. The van der Waals surface area contributed by atoms with Crippen LogP contribution in [0, 0.1) is 5.92 Å². The van der Waals surface area contributed by atoms with Gasteiger partial charge in [-0.3, -0.25) is 0 Å². The molecule has 1 saturated heterocycles. The average molecular weight is 262 g/mol. The monoisotopic (exact) mass is 262 g/mol. The largest absolute Gasteiger partial charge is 0.370 e. The first kappa shape index (κ1) is 12.5. The summed E-state index contributed by atoms with van der Waals surface area (Å²) in [6.45, 7) is 2.99. The first-order chi connectivity index (χ1) is 9.24. The molecule has 1 aliphatic carbocycles. The first-order valence-corrected chi connectivity index (χ1v) is 7.05. The van der Waals surface area contributed by atoms with Crippen LogP contribution in [0.25, 0.3) is 0 Å². The maximum absolute atomic E-state index is 5.81. The fraction of sp³-hybridized carbons (Fsp3) is 0.692. The molecule has 0 bridgehead atoms. The summed E-state index contributed by atoms with van der Waals surface area (Å²) in [6.07, 6.45) is 3.80. The Labute approximate surface area is 113 Å². The molecular formula is C13H22N6. The molecule has 1 aromatic heterocycles. The lowest BCUT2D eigenvalue weighted by atomic mass is 10.3. The highest BCUT2D eigenvalue weighted by Gasteiger charge is 2.24. The van der Waals surface area contributed by atoms with Crippen LogP contribution < -0.4 is 21.3 Å². The standard InChI is InChI=1S/C13H22N6/c1-15-10-4-5-19(8-10)12-6-11(17-13(14)18-12)16-7-9-2-3-9/h6,9-10,15H,2-5,7-8H2,1H3,(H3,14,16,17,18)/t10-/m0/s1. The molecule has 1 saturated carbocycles. The average Bonchev–Trinajstić information content (AvgIpc) is 3.11. The topological polar surface area (TPSA) is 79.1 Å². The van der Waals surface area contributed by atoms with Gasteiger partial charge in [-0.1, -0.05) is 0 Å². The van der Waals surface area contributed by atoms with Crippen molar-refractivity contribution in [3.8, 4) is 0 Å². The summed E-state index contributed by atoms with van der Waals surface area (Å²) in [5, 5.41) is 6.67. The van der Waals surface area contributed by atoms with Crippen LogP contribution in [0.3, 0.4) is 0 Å². The van der Waals surface area contributed by atoms with Crippen molar-refractivity contribution in [3.63, 3.8) is 0 Å². The molecule has 2 heterocycles. The number of hydrogen-bond donors (Lipinski definition) is 3. The van der Waals surface area contributed by atoms with Gasteiger partial charge in [-0.05, 0) is 32.2 Å². The molecular weight excluding hydrogens is 240 g/mol. The van der Waals surface area contributed by atoms with Crippen LogP contribution in [-0.2, 0) is 0 Å². The molecule has 1 atom stereocenters. The summed E-state index contributed by atoms with van der Waals surface area (Å²) in [7, 11) is 2.01. The second kappa shape index (κ2) is 5.21. The molecule has 0 aromatic carbocycles. The van der Waals surface area contributed by atoms with E-state index in [1.54, 1.807) is 0 Å². The lowest BCUT2D eigenvalue weighted by molar-refractivity contribution is 0.616. The van der Waals surface area contributed by atoms with Crippen molar-refractivity contribution in [2.45, 2.75) is 25.3 Å². The molecule has 6 heteroatoms.